The van der Waals surface area contributed by atoms with E-state index in [0.29, 0.717) is 11.3 Å². The van der Waals surface area contributed by atoms with E-state index < -0.39 is 15.6 Å². The monoisotopic (exact) mass is 273 g/mol. The standard InChI is InChI=1S/C14H11NO3S/c1-2-9-14(13-8-5-10-18-13)11-6-3-4-7-12(11)19(16,17)15-14/h1,3-8,10,15H,9H2/t14-/m1/s1. The molecule has 0 unspecified atom stereocenters. The van der Waals surface area contributed by atoms with E-state index in [2.05, 4.69) is 10.6 Å². The van der Waals surface area contributed by atoms with Crippen molar-refractivity contribution in [2.45, 2.75) is 16.9 Å². The van der Waals surface area contributed by atoms with Crippen LogP contribution in [-0.4, -0.2) is 8.42 Å². The summed E-state index contributed by atoms with van der Waals surface area (Å²) in [5.41, 5.74) is -0.379. The van der Waals surface area contributed by atoms with Gasteiger partial charge in [0.1, 0.15) is 11.3 Å². The first kappa shape index (κ1) is 12.0. The summed E-state index contributed by atoms with van der Waals surface area (Å²) >= 11 is 0. The van der Waals surface area contributed by atoms with Crippen LogP contribution in [0, 0.1) is 12.3 Å². The van der Waals surface area contributed by atoms with Crippen LogP contribution in [0.3, 0.4) is 0 Å². The lowest BCUT2D eigenvalue weighted by atomic mass is 9.85. The van der Waals surface area contributed by atoms with Crippen molar-refractivity contribution in [3.63, 3.8) is 0 Å². The SMILES string of the molecule is C#CC[C@@]1(c2ccco2)NS(=O)(=O)c2ccccc21. The Morgan fingerprint density at radius 3 is 2.74 bits per heavy atom. The number of fused-ring (bicyclic) bond motifs is 1. The van der Waals surface area contributed by atoms with Gasteiger partial charge in [-0.25, -0.2) is 8.42 Å². The summed E-state index contributed by atoms with van der Waals surface area (Å²) in [6.45, 7) is 0. The number of benzene rings is 1. The topological polar surface area (TPSA) is 59.3 Å². The van der Waals surface area contributed by atoms with E-state index in [1.54, 1.807) is 36.4 Å². The second kappa shape index (κ2) is 3.98. The van der Waals surface area contributed by atoms with E-state index >= 15 is 0 Å². The molecule has 0 aliphatic carbocycles. The zero-order valence-electron chi connectivity index (χ0n) is 9.96. The average Bonchev–Trinajstić information content (AvgIpc) is 2.98. The first-order valence-electron chi connectivity index (χ1n) is 5.71. The molecule has 1 aromatic carbocycles. The Hall–Kier alpha value is -2.03. The molecule has 3 rings (SSSR count). The molecule has 19 heavy (non-hydrogen) atoms. The Morgan fingerprint density at radius 2 is 2.05 bits per heavy atom. The predicted octanol–water partition coefficient (Wildman–Crippen LogP) is 1.84. The van der Waals surface area contributed by atoms with Crippen LogP contribution in [0.1, 0.15) is 17.7 Å². The molecule has 0 radical (unpaired) electrons. The Kier molecular flexibility index (Phi) is 2.52. The second-order valence-corrected chi connectivity index (χ2v) is 6.02. The zero-order valence-corrected chi connectivity index (χ0v) is 10.8. The molecule has 0 saturated carbocycles. The maximum atomic E-state index is 12.2. The lowest BCUT2D eigenvalue weighted by molar-refractivity contribution is 0.376. The van der Waals surface area contributed by atoms with Gasteiger partial charge in [0.05, 0.1) is 11.2 Å². The summed E-state index contributed by atoms with van der Waals surface area (Å²) in [6.07, 6.45) is 7.11. The van der Waals surface area contributed by atoms with Crippen molar-refractivity contribution in [2.75, 3.05) is 0 Å². The maximum absolute atomic E-state index is 12.2. The van der Waals surface area contributed by atoms with Gasteiger partial charge in [0.25, 0.3) is 0 Å². The lowest BCUT2D eigenvalue weighted by Gasteiger charge is -2.24. The summed E-state index contributed by atoms with van der Waals surface area (Å²) in [6, 6.07) is 10.2. The molecule has 1 N–H and O–H groups in total. The largest absolute Gasteiger partial charge is 0.467 e. The Labute approximate surface area is 111 Å². The van der Waals surface area contributed by atoms with Crippen LogP contribution in [0.25, 0.3) is 0 Å². The number of nitrogens with one attached hydrogen (secondary N) is 1. The fourth-order valence-electron chi connectivity index (χ4n) is 2.47. The van der Waals surface area contributed by atoms with Gasteiger partial charge in [0, 0.05) is 12.0 Å². The summed E-state index contributed by atoms with van der Waals surface area (Å²) in [5, 5.41) is 0. The lowest BCUT2D eigenvalue weighted by Crippen LogP contribution is -2.39. The van der Waals surface area contributed by atoms with Gasteiger partial charge in [-0.3, -0.25) is 0 Å². The number of terminal acetylenes is 1. The normalized spacial score (nSPS) is 23.7. The molecular formula is C14H11NO3S. The van der Waals surface area contributed by atoms with Gasteiger partial charge in [-0.1, -0.05) is 18.2 Å². The van der Waals surface area contributed by atoms with Crippen molar-refractivity contribution in [3.05, 3.63) is 54.0 Å². The highest BCUT2D eigenvalue weighted by atomic mass is 32.2. The Morgan fingerprint density at radius 1 is 1.26 bits per heavy atom. The first-order chi connectivity index (χ1) is 9.10. The molecule has 0 saturated heterocycles. The first-order valence-corrected chi connectivity index (χ1v) is 7.19. The quantitative estimate of drug-likeness (QED) is 0.849. The molecule has 1 aliphatic heterocycles. The van der Waals surface area contributed by atoms with Crippen LogP contribution < -0.4 is 4.72 Å². The molecule has 2 heterocycles. The molecule has 96 valence electrons. The minimum absolute atomic E-state index is 0.191. The highest BCUT2D eigenvalue weighted by Gasteiger charge is 2.49. The Balaban J connectivity index is 2.33. The molecule has 0 amide bonds. The molecular weight excluding hydrogens is 262 g/mol. The fraction of sp³-hybridized carbons (Fsp3) is 0.143. The molecule has 1 aromatic heterocycles. The Bertz CT molecular complexity index is 756. The third-order valence-corrected chi connectivity index (χ3v) is 4.81. The molecule has 5 heteroatoms. The van der Waals surface area contributed by atoms with Crippen LogP contribution in [0.4, 0.5) is 0 Å². The van der Waals surface area contributed by atoms with Gasteiger partial charge in [-0.05, 0) is 18.2 Å². The van der Waals surface area contributed by atoms with E-state index in [9.17, 15) is 8.42 Å². The molecule has 1 atom stereocenters. The molecule has 0 fully saturated rings. The zero-order chi connectivity index (χ0) is 13.5. The van der Waals surface area contributed by atoms with Crippen LogP contribution in [0.15, 0.2) is 52.0 Å². The van der Waals surface area contributed by atoms with E-state index in [1.165, 1.54) is 6.26 Å². The number of sulfonamides is 1. The van der Waals surface area contributed by atoms with Crippen LogP contribution in [0.2, 0.25) is 0 Å². The minimum Gasteiger partial charge on any atom is -0.467 e. The highest BCUT2D eigenvalue weighted by molar-refractivity contribution is 7.89. The van der Waals surface area contributed by atoms with Gasteiger partial charge in [0.2, 0.25) is 10.0 Å². The van der Waals surface area contributed by atoms with Crippen molar-refractivity contribution in [1.82, 2.24) is 4.72 Å². The molecule has 4 nitrogen and oxygen atoms in total. The number of furan rings is 1. The number of hydrogen-bond donors (Lipinski definition) is 1. The second-order valence-electron chi connectivity index (χ2n) is 4.37. The van der Waals surface area contributed by atoms with Gasteiger partial charge in [-0.2, -0.15) is 4.72 Å². The van der Waals surface area contributed by atoms with Crippen molar-refractivity contribution >= 4 is 10.0 Å². The summed E-state index contributed by atoms with van der Waals surface area (Å²) in [5.74, 6) is 3.03. The summed E-state index contributed by atoms with van der Waals surface area (Å²) < 4.78 is 32.5. The smallest absolute Gasteiger partial charge is 0.242 e. The van der Waals surface area contributed by atoms with Gasteiger partial charge in [0.15, 0.2) is 0 Å². The van der Waals surface area contributed by atoms with Gasteiger partial charge < -0.3 is 4.42 Å². The molecule has 0 bridgehead atoms. The van der Waals surface area contributed by atoms with Crippen LogP contribution >= 0.6 is 0 Å². The van der Waals surface area contributed by atoms with Crippen molar-refractivity contribution in [3.8, 4) is 12.3 Å². The van der Waals surface area contributed by atoms with Crippen LogP contribution in [-0.2, 0) is 15.6 Å². The van der Waals surface area contributed by atoms with Crippen molar-refractivity contribution in [2.24, 2.45) is 0 Å². The van der Waals surface area contributed by atoms with Crippen molar-refractivity contribution < 1.29 is 12.8 Å². The third kappa shape index (κ3) is 1.61. The minimum atomic E-state index is -3.57. The summed E-state index contributed by atoms with van der Waals surface area (Å²) in [7, 11) is -3.57. The maximum Gasteiger partial charge on any atom is 0.242 e. The van der Waals surface area contributed by atoms with Gasteiger partial charge >= 0.3 is 0 Å². The average molecular weight is 273 g/mol. The van der Waals surface area contributed by atoms with E-state index in [0.717, 1.165) is 0 Å². The molecule has 1 aliphatic rings. The highest BCUT2D eigenvalue weighted by Crippen LogP contribution is 2.42. The number of rotatable bonds is 2. The number of hydrogen-bond acceptors (Lipinski definition) is 3. The fourth-order valence-corrected chi connectivity index (χ4v) is 4.11. The van der Waals surface area contributed by atoms with E-state index in [-0.39, 0.29) is 11.3 Å². The van der Waals surface area contributed by atoms with Crippen molar-refractivity contribution in [1.29, 1.82) is 0 Å². The summed E-state index contributed by atoms with van der Waals surface area (Å²) in [4.78, 5) is 0.252. The third-order valence-electron chi connectivity index (χ3n) is 3.25. The molecule has 2 aromatic rings. The van der Waals surface area contributed by atoms with Gasteiger partial charge in [-0.15, -0.1) is 12.3 Å². The van der Waals surface area contributed by atoms with Crippen LogP contribution in [0.5, 0.6) is 0 Å². The molecule has 0 spiro atoms. The predicted molar refractivity (Wildman–Crippen MR) is 69.7 cm³/mol. The van der Waals surface area contributed by atoms with E-state index in [4.69, 9.17) is 10.8 Å². The van der Waals surface area contributed by atoms with E-state index in [1.807, 2.05) is 0 Å².